The Hall–Kier alpha value is -3.19. The van der Waals surface area contributed by atoms with Crippen molar-refractivity contribution in [2.75, 3.05) is 12.4 Å². The van der Waals surface area contributed by atoms with Crippen LogP contribution in [-0.2, 0) is 16.6 Å². The van der Waals surface area contributed by atoms with Gasteiger partial charge in [-0.25, -0.2) is 8.42 Å². The van der Waals surface area contributed by atoms with Crippen LogP contribution in [0.25, 0.3) is 11.4 Å². The largest absolute Gasteiger partial charge is 0.338 e. The second-order valence-electron chi connectivity index (χ2n) is 6.93. The zero-order chi connectivity index (χ0) is 23.6. The quantitative estimate of drug-likeness (QED) is 0.377. The van der Waals surface area contributed by atoms with Crippen LogP contribution in [0, 0.1) is 6.92 Å². The summed E-state index contributed by atoms with van der Waals surface area (Å²) in [7, 11) is -2.66. The summed E-state index contributed by atoms with van der Waals surface area (Å²) in [5, 5.41) is 14.5. The fraction of sp³-hybridized carbons (Fsp3) is 0.150. The Balaban J connectivity index is 1.46. The van der Waals surface area contributed by atoms with Crippen molar-refractivity contribution in [3.8, 4) is 11.4 Å². The Bertz CT molecular complexity index is 1420. The van der Waals surface area contributed by atoms with Gasteiger partial charge in [0.15, 0.2) is 0 Å². The molecular weight excluding hydrogens is 488 g/mol. The molecular formula is C20H17ClN6O4S2. The minimum atomic E-state index is -4.01. The van der Waals surface area contributed by atoms with Crippen molar-refractivity contribution in [3.63, 3.8) is 0 Å². The number of aromatic nitrogens is 4. The molecule has 13 heteroatoms. The zero-order valence-corrected chi connectivity index (χ0v) is 19.8. The van der Waals surface area contributed by atoms with Crippen LogP contribution in [0.5, 0.6) is 0 Å². The lowest BCUT2D eigenvalue weighted by atomic mass is 10.1. The average molecular weight is 505 g/mol. The lowest BCUT2D eigenvalue weighted by molar-refractivity contribution is 0.102. The number of anilines is 1. The van der Waals surface area contributed by atoms with E-state index in [2.05, 4.69) is 25.7 Å². The molecule has 33 heavy (non-hydrogen) atoms. The van der Waals surface area contributed by atoms with Gasteiger partial charge >= 0.3 is 0 Å². The molecule has 0 saturated carbocycles. The summed E-state index contributed by atoms with van der Waals surface area (Å²) in [5.41, 5.74) is 1.88. The van der Waals surface area contributed by atoms with E-state index in [0.717, 1.165) is 21.2 Å². The van der Waals surface area contributed by atoms with Gasteiger partial charge in [0.05, 0.1) is 6.54 Å². The fourth-order valence-electron chi connectivity index (χ4n) is 2.83. The molecule has 0 spiro atoms. The fourth-order valence-corrected chi connectivity index (χ4v) is 5.22. The van der Waals surface area contributed by atoms with E-state index < -0.39 is 15.9 Å². The summed E-state index contributed by atoms with van der Waals surface area (Å²) in [6.45, 7) is 1.62. The summed E-state index contributed by atoms with van der Waals surface area (Å²) >= 11 is 6.72. The van der Waals surface area contributed by atoms with Crippen molar-refractivity contribution in [3.05, 3.63) is 70.6 Å². The van der Waals surface area contributed by atoms with Gasteiger partial charge in [0.25, 0.3) is 15.9 Å². The Labute approximate surface area is 198 Å². The number of halogens is 1. The van der Waals surface area contributed by atoms with Crippen molar-refractivity contribution in [2.24, 2.45) is 0 Å². The maximum Gasteiger partial charge on any atom is 0.272 e. The van der Waals surface area contributed by atoms with Gasteiger partial charge in [0.1, 0.15) is 0 Å². The van der Waals surface area contributed by atoms with Gasteiger partial charge in [-0.15, -0.1) is 10.2 Å². The van der Waals surface area contributed by atoms with E-state index in [1.165, 1.54) is 7.05 Å². The molecule has 10 nitrogen and oxygen atoms in total. The molecule has 170 valence electrons. The molecule has 2 heterocycles. The Morgan fingerprint density at radius 3 is 2.73 bits per heavy atom. The Morgan fingerprint density at radius 2 is 1.97 bits per heavy atom. The van der Waals surface area contributed by atoms with Crippen LogP contribution >= 0.6 is 22.9 Å². The molecule has 0 atom stereocenters. The third-order valence-corrected chi connectivity index (χ3v) is 7.78. The highest BCUT2D eigenvalue weighted by Crippen LogP contribution is 2.25. The molecule has 0 bridgehead atoms. The van der Waals surface area contributed by atoms with Gasteiger partial charge < -0.3 is 4.52 Å². The number of sulfonamides is 1. The number of carbonyl (C=O) groups excluding carboxylic acids is 1. The topological polar surface area (TPSA) is 131 Å². The number of aryl methyl sites for hydroxylation is 1. The molecule has 0 aliphatic carbocycles. The van der Waals surface area contributed by atoms with Gasteiger partial charge in [0, 0.05) is 23.2 Å². The smallest absolute Gasteiger partial charge is 0.272 e. The molecule has 0 fully saturated rings. The van der Waals surface area contributed by atoms with Crippen LogP contribution in [0.2, 0.25) is 5.02 Å². The highest BCUT2D eigenvalue weighted by Gasteiger charge is 2.28. The summed E-state index contributed by atoms with van der Waals surface area (Å²) in [5.74, 6) is -0.0231. The van der Waals surface area contributed by atoms with E-state index in [1.54, 1.807) is 49.4 Å². The number of hydrogen-bond acceptors (Lipinski definition) is 9. The summed E-state index contributed by atoms with van der Waals surface area (Å²) in [6, 6.07) is 13.9. The van der Waals surface area contributed by atoms with Crippen LogP contribution in [0.4, 0.5) is 5.13 Å². The summed E-state index contributed by atoms with van der Waals surface area (Å²) < 4.78 is 31.7. The molecule has 4 rings (SSSR count). The summed E-state index contributed by atoms with van der Waals surface area (Å²) in [6.07, 6.45) is 0. The van der Waals surface area contributed by atoms with E-state index in [-0.39, 0.29) is 27.7 Å². The molecule has 2 aromatic carbocycles. The predicted octanol–water partition coefficient (Wildman–Crippen LogP) is 3.62. The molecule has 1 N–H and O–H groups in total. The van der Waals surface area contributed by atoms with E-state index in [1.807, 2.05) is 6.07 Å². The van der Waals surface area contributed by atoms with Crippen LogP contribution < -0.4 is 5.32 Å². The lowest BCUT2D eigenvalue weighted by Crippen LogP contribution is -2.26. The predicted molar refractivity (Wildman–Crippen MR) is 122 cm³/mol. The van der Waals surface area contributed by atoms with Crippen molar-refractivity contribution in [1.82, 2.24) is 24.6 Å². The molecule has 4 aromatic rings. The minimum Gasteiger partial charge on any atom is -0.338 e. The second kappa shape index (κ2) is 9.35. The highest BCUT2D eigenvalue weighted by atomic mass is 35.5. The zero-order valence-electron chi connectivity index (χ0n) is 17.4. The molecule has 1 amide bonds. The van der Waals surface area contributed by atoms with E-state index >= 15 is 0 Å². The van der Waals surface area contributed by atoms with Crippen molar-refractivity contribution < 1.29 is 17.7 Å². The SMILES string of the molecule is Cc1ccccc1C(=O)Nc1nnc(S(=O)(=O)N(C)Cc2nc(-c3cccc(Cl)c3)no2)s1. The van der Waals surface area contributed by atoms with Crippen molar-refractivity contribution >= 4 is 44.0 Å². The van der Waals surface area contributed by atoms with Crippen molar-refractivity contribution in [1.29, 1.82) is 0 Å². The maximum atomic E-state index is 12.9. The number of nitrogens with zero attached hydrogens (tertiary/aromatic N) is 5. The lowest BCUT2D eigenvalue weighted by Gasteiger charge is -2.11. The maximum absolute atomic E-state index is 12.9. The van der Waals surface area contributed by atoms with E-state index in [0.29, 0.717) is 16.1 Å². The first-order chi connectivity index (χ1) is 15.7. The van der Waals surface area contributed by atoms with Gasteiger partial charge in [0.2, 0.25) is 21.2 Å². The highest BCUT2D eigenvalue weighted by molar-refractivity contribution is 7.91. The monoisotopic (exact) mass is 504 g/mol. The molecule has 0 saturated heterocycles. The molecule has 2 aromatic heterocycles. The third kappa shape index (κ3) is 5.09. The van der Waals surface area contributed by atoms with Gasteiger partial charge in [-0.3, -0.25) is 10.1 Å². The molecule has 0 radical (unpaired) electrons. The van der Waals surface area contributed by atoms with Crippen molar-refractivity contribution in [2.45, 2.75) is 17.8 Å². The van der Waals surface area contributed by atoms with Crippen LogP contribution in [0.1, 0.15) is 21.8 Å². The first-order valence-electron chi connectivity index (χ1n) is 9.49. The standard InChI is InChI=1S/C20H17ClN6O4S2/c1-12-6-3-4-9-15(12)18(28)23-19-24-25-20(32-19)33(29,30)27(2)11-16-22-17(26-31-16)13-7-5-8-14(21)10-13/h3-10H,11H2,1-2H3,(H,23,24,28). The number of rotatable bonds is 7. The number of nitrogens with one attached hydrogen (secondary N) is 1. The average Bonchev–Trinajstić information content (AvgIpc) is 3.44. The minimum absolute atomic E-state index is 0.0660. The molecule has 0 aliphatic rings. The van der Waals surface area contributed by atoms with Crippen LogP contribution in [0.3, 0.4) is 0 Å². The molecule has 0 unspecified atom stereocenters. The van der Waals surface area contributed by atoms with Gasteiger partial charge in [-0.1, -0.05) is 58.4 Å². The van der Waals surface area contributed by atoms with Gasteiger partial charge in [-0.05, 0) is 30.7 Å². The number of benzene rings is 2. The molecule has 0 aliphatic heterocycles. The number of carbonyl (C=O) groups is 1. The second-order valence-corrected chi connectivity index (χ2v) is 10.6. The van der Waals surface area contributed by atoms with Crippen LogP contribution in [0.15, 0.2) is 57.4 Å². The Kier molecular flexibility index (Phi) is 6.51. The third-order valence-electron chi connectivity index (χ3n) is 4.56. The van der Waals surface area contributed by atoms with E-state index in [4.69, 9.17) is 16.1 Å². The Morgan fingerprint density at radius 1 is 1.18 bits per heavy atom. The van der Waals surface area contributed by atoms with E-state index in [9.17, 15) is 13.2 Å². The first-order valence-corrected chi connectivity index (χ1v) is 12.1. The number of amides is 1. The summed E-state index contributed by atoms with van der Waals surface area (Å²) in [4.78, 5) is 16.7. The first kappa shape index (κ1) is 23.0. The number of hydrogen-bond donors (Lipinski definition) is 1. The normalized spacial score (nSPS) is 11.6. The van der Waals surface area contributed by atoms with Gasteiger partial charge in [-0.2, -0.15) is 9.29 Å². The van der Waals surface area contributed by atoms with Crippen LogP contribution in [-0.4, -0.2) is 46.0 Å².